The molecular weight excluding hydrogens is 259 g/mol. The topological polar surface area (TPSA) is 55.1 Å². The highest BCUT2D eigenvalue weighted by molar-refractivity contribution is 6.39. The highest BCUT2D eigenvalue weighted by Crippen LogP contribution is 2.36. The molecule has 17 heavy (non-hydrogen) atoms. The maximum atomic E-state index is 11.8. The van der Waals surface area contributed by atoms with Crippen LogP contribution in [-0.2, 0) is 0 Å². The smallest absolute Gasteiger partial charge is 0.251 e. The van der Waals surface area contributed by atoms with Crippen molar-refractivity contribution < 1.29 is 4.79 Å². The minimum absolute atomic E-state index is 0.159. The van der Waals surface area contributed by atoms with Gasteiger partial charge in [0.2, 0.25) is 0 Å². The van der Waals surface area contributed by atoms with Gasteiger partial charge >= 0.3 is 0 Å². The first-order valence-corrected chi connectivity index (χ1v) is 6.27. The van der Waals surface area contributed by atoms with Gasteiger partial charge in [0.1, 0.15) is 0 Å². The lowest BCUT2D eigenvalue weighted by Crippen LogP contribution is -2.25. The Morgan fingerprint density at radius 2 is 2.00 bits per heavy atom. The SMILES string of the molecule is CC1CC1CNC(=O)c1cc(Cl)c(N)c(Cl)c1. The van der Waals surface area contributed by atoms with E-state index < -0.39 is 0 Å². The van der Waals surface area contributed by atoms with Crippen LogP contribution in [0.3, 0.4) is 0 Å². The highest BCUT2D eigenvalue weighted by Gasteiger charge is 2.32. The summed E-state index contributed by atoms with van der Waals surface area (Å²) < 4.78 is 0. The second kappa shape index (κ2) is 4.75. The molecule has 2 atom stereocenters. The van der Waals surface area contributed by atoms with Gasteiger partial charge in [0, 0.05) is 12.1 Å². The van der Waals surface area contributed by atoms with Crippen molar-refractivity contribution in [3.05, 3.63) is 27.7 Å². The first-order valence-electron chi connectivity index (χ1n) is 5.51. The van der Waals surface area contributed by atoms with Crippen molar-refractivity contribution in [2.24, 2.45) is 11.8 Å². The van der Waals surface area contributed by atoms with Gasteiger partial charge in [-0.1, -0.05) is 30.1 Å². The minimum atomic E-state index is -0.159. The third kappa shape index (κ3) is 2.85. The molecule has 3 nitrogen and oxygen atoms in total. The van der Waals surface area contributed by atoms with E-state index in [1.807, 2.05) is 0 Å². The number of carbonyl (C=O) groups excluding carboxylic acids is 1. The van der Waals surface area contributed by atoms with E-state index in [9.17, 15) is 4.79 Å². The first kappa shape index (κ1) is 12.5. The number of benzene rings is 1. The van der Waals surface area contributed by atoms with Gasteiger partial charge in [0.05, 0.1) is 15.7 Å². The number of carbonyl (C=O) groups is 1. The van der Waals surface area contributed by atoms with Crippen molar-refractivity contribution in [3.8, 4) is 0 Å². The Labute approximate surface area is 110 Å². The average molecular weight is 273 g/mol. The summed E-state index contributed by atoms with van der Waals surface area (Å²) in [6, 6.07) is 3.07. The molecule has 1 saturated carbocycles. The van der Waals surface area contributed by atoms with E-state index in [1.165, 1.54) is 18.6 Å². The third-order valence-corrected chi connectivity index (χ3v) is 3.77. The van der Waals surface area contributed by atoms with Gasteiger partial charge in [0.15, 0.2) is 0 Å². The summed E-state index contributed by atoms with van der Waals surface area (Å²) in [4.78, 5) is 11.8. The molecule has 1 fully saturated rings. The molecule has 0 aliphatic heterocycles. The summed E-state index contributed by atoms with van der Waals surface area (Å²) in [6.07, 6.45) is 1.18. The van der Waals surface area contributed by atoms with Crippen LogP contribution in [0.5, 0.6) is 0 Å². The van der Waals surface area contributed by atoms with Crippen molar-refractivity contribution in [1.29, 1.82) is 0 Å². The Morgan fingerprint density at radius 3 is 2.47 bits per heavy atom. The Morgan fingerprint density at radius 1 is 1.47 bits per heavy atom. The van der Waals surface area contributed by atoms with Crippen molar-refractivity contribution in [1.82, 2.24) is 5.32 Å². The van der Waals surface area contributed by atoms with Gasteiger partial charge in [0.25, 0.3) is 5.91 Å². The zero-order valence-electron chi connectivity index (χ0n) is 9.47. The third-order valence-electron chi connectivity index (χ3n) is 3.14. The van der Waals surface area contributed by atoms with Gasteiger partial charge in [-0.25, -0.2) is 0 Å². The number of hydrogen-bond donors (Lipinski definition) is 2. The lowest BCUT2D eigenvalue weighted by Gasteiger charge is -2.07. The summed E-state index contributed by atoms with van der Waals surface area (Å²) in [7, 11) is 0. The first-order chi connectivity index (χ1) is 7.99. The predicted octanol–water partition coefficient (Wildman–Crippen LogP) is 2.96. The maximum Gasteiger partial charge on any atom is 0.251 e. The molecule has 0 saturated heterocycles. The Kier molecular flexibility index (Phi) is 3.50. The Bertz CT molecular complexity index is 439. The normalized spacial score (nSPS) is 22.3. The van der Waals surface area contributed by atoms with Crippen LogP contribution >= 0.6 is 23.2 Å². The fourth-order valence-electron chi connectivity index (χ4n) is 1.72. The highest BCUT2D eigenvalue weighted by atomic mass is 35.5. The number of amides is 1. The lowest BCUT2D eigenvalue weighted by atomic mass is 10.2. The molecule has 2 unspecified atom stereocenters. The van der Waals surface area contributed by atoms with Crippen LogP contribution in [0.1, 0.15) is 23.7 Å². The van der Waals surface area contributed by atoms with Crippen molar-refractivity contribution in [2.75, 3.05) is 12.3 Å². The number of anilines is 1. The second-order valence-electron chi connectivity index (χ2n) is 4.54. The van der Waals surface area contributed by atoms with Gasteiger partial charge < -0.3 is 11.1 Å². The van der Waals surface area contributed by atoms with Gasteiger partial charge in [-0.2, -0.15) is 0 Å². The lowest BCUT2D eigenvalue weighted by molar-refractivity contribution is 0.0951. The fraction of sp³-hybridized carbons (Fsp3) is 0.417. The Balaban J connectivity index is 2.03. The van der Waals surface area contributed by atoms with Crippen molar-refractivity contribution >= 4 is 34.8 Å². The zero-order valence-corrected chi connectivity index (χ0v) is 11.0. The molecule has 1 aliphatic carbocycles. The van der Waals surface area contributed by atoms with Crippen molar-refractivity contribution in [3.63, 3.8) is 0 Å². The number of nitrogens with two attached hydrogens (primary N) is 1. The van der Waals surface area contributed by atoms with E-state index in [-0.39, 0.29) is 5.91 Å². The van der Waals surface area contributed by atoms with Crippen LogP contribution in [-0.4, -0.2) is 12.5 Å². The number of halogens is 2. The van der Waals surface area contributed by atoms with Gasteiger partial charge in [-0.05, 0) is 30.4 Å². The van der Waals surface area contributed by atoms with Crippen LogP contribution in [0, 0.1) is 11.8 Å². The fourth-order valence-corrected chi connectivity index (χ4v) is 2.21. The molecular formula is C12H14Cl2N2O. The molecule has 1 aromatic carbocycles. The summed E-state index contributed by atoms with van der Waals surface area (Å²) in [6.45, 7) is 2.88. The molecule has 2 rings (SSSR count). The van der Waals surface area contributed by atoms with E-state index in [4.69, 9.17) is 28.9 Å². The maximum absolute atomic E-state index is 11.8. The number of nitrogen functional groups attached to an aromatic ring is 1. The molecule has 5 heteroatoms. The van der Waals surface area contributed by atoms with E-state index in [0.717, 1.165) is 0 Å². The standard InChI is InChI=1S/C12H14Cl2N2O/c1-6-2-8(6)5-16-12(17)7-3-9(13)11(15)10(14)4-7/h3-4,6,8H,2,5,15H2,1H3,(H,16,17). The minimum Gasteiger partial charge on any atom is -0.396 e. The molecule has 0 radical (unpaired) electrons. The summed E-state index contributed by atoms with van der Waals surface area (Å²) in [5.41, 5.74) is 6.36. The molecule has 92 valence electrons. The van der Waals surface area contributed by atoms with Crippen LogP contribution in [0.2, 0.25) is 10.0 Å². The van der Waals surface area contributed by atoms with Crippen LogP contribution < -0.4 is 11.1 Å². The molecule has 3 N–H and O–H groups in total. The molecule has 0 heterocycles. The molecule has 0 spiro atoms. The second-order valence-corrected chi connectivity index (χ2v) is 5.35. The quantitative estimate of drug-likeness (QED) is 0.832. The zero-order chi connectivity index (χ0) is 12.6. The summed E-state index contributed by atoms with van der Waals surface area (Å²) >= 11 is 11.7. The van der Waals surface area contributed by atoms with Crippen LogP contribution in [0.4, 0.5) is 5.69 Å². The molecule has 0 aromatic heterocycles. The number of hydrogen-bond acceptors (Lipinski definition) is 2. The van der Waals surface area contributed by atoms with Crippen LogP contribution in [0.15, 0.2) is 12.1 Å². The monoisotopic (exact) mass is 272 g/mol. The molecule has 1 aromatic rings. The molecule has 1 aliphatic rings. The number of rotatable bonds is 3. The largest absolute Gasteiger partial charge is 0.396 e. The van der Waals surface area contributed by atoms with E-state index in [0.29, 0.717) is 39.7 Å². The van der Waals surface area contributed by atoms with Gasteiger partial charge in [-0.15, -0.1) is 0 Å². The molecule has 1 amide bonds. The predicted molar refractivity (Wildman–Crippen MR) is 70.5 cm³/mol. The molecule has 0 bridgehead atoms. The van der Waals surface area contributed by atoms with Crippen LogP contribution in [0.25, 0.3) is 0 Å². The summed E-state index contributed by atoms with van der Waals surface area (Å²) in [5, 5.41) is 3.48. The Hall–Kier alpha value is -0.930. The van der Waals surface area contributed by atoms with Crippen molar-refractivity contribution in [2.45, 2.75) is 13.3 Å². The van der Waals surface area contributed by atoms with E-state index in [1.54, 1.807) is 0 Å². The van der Waals surface area contributed by atoms with E-state index >= 15 is 0 Å². The van der Waals surface area contributed by atoms with Gasteiger partial charge in [-0.3, -0.25) is 4.79 Å². The average Bonchev–Trinajstić information content (AvgIpc) is 2.98. The van der Waals surface area contributed by atoms with E-state index in [2.05, 4.69) is 12.2 Å². The number of nitrogens with one attached hydrogen (secondary N) is 1. The summed E-state index contributed by atoms with van der Waals surface area (Å²) in [5.74, 6) is 1.17.